The van der Waals surface area contributed by atoms with Crippen LogP contribution in [0.25, 0.3) is 11.4 Å². The maximum absolute atomic E-state index is 12.6. The Hall–Kier alpha value is -1.78. The van der Waals surface area contributed by atoms with Crippen molar-refractivity contribution in [1.82, 2.24) is 19.8 Å². The largest absolute Gasteiger partial charge is 0.342 e. The molecule has 3 rings (SSSR count). The lowest BCUT2D eigenvalue weighted by Crippen LogP contribution is -2.44. The van der Waals surface area contributed by atoms with Crippen molar-refractivity contribution in [2.24, 2.45) is 5.92 Å². The zero-order valence-electron chi connectivity index (χ0n) is 16.1. The lowest BCUT2D eigenvalue weighted by atomic mass is 9.98. The fourth-order valence-corrected chi connectivity index (χ4v) is 4.53. The first-order chi connectivity index (χ1) is 13.3. The monoisotopic (exact) mass is 426 g/mol. The predicted molar refractivity (Wildman–Crippen MR) is 107 cm³/mol. The molecule has 1 N–H and O–H groups in total. The Morgan fingerprint density at radius 3 is 3.00 bits per heavy atom. The van der Waals surface area contributed by atoms with Crippen molar-refractivity contribution in [2.75, 3.05) is 19.6 Å². The minimum Gasteiger partial charge on any atom is -0.342 e. The number of piperidine rings is 1. The minimum atomic E-state index is -3.28. The summed E-state index contributed by atoms with van der Waals surface area (Å²) in [5.41, 5.74) is 0.911. The Labute approximate surface area is 169 Å². The number of likely N-dealkylation sites (tertiary alicyclic amines) is 1. The number of sulfonamides is 1. The van der Waals surface area contributed by atoms with Crippen LogP contribution >= 0.6 is 11.3 Å². The summed E-state index contributed by atoms with van der Waals surface area (Å²) in [4.78, 5) is 18.7. The number of nitrogens with one attached hydrogen (secondary N) is 1. The Kier molecular flexibility index (Phi) is 6.84. The topological polar surface area (TPSA) is 105 Å². The highest BCUT2D eigenvalue weighted by atomic mass is 32.2. The van der Waals surface area contributed by atoms with E-state index >= 15 is 0 Å². The van der Waals surface area contributed by atoms with Crippen molar-refractivity contribution in [1.29, 1.82) is 0 Å². The zero-order valence-corrected chi connectivity index (χ0v) is 17.8. The molecule has 1 amide bonds. The van der Waals surface area contributed by atoms with Gasteiger partial charge in [0.25, 0.3) is 0 Å². The van der Waals surface area contributed by atoms with E-state index in [1.165, 1.54) is 0 Å². The molecule has 154 valence electrons. The second-order valence-electron chi connectivity index (χ2n) is 7.31. The molecule has 3 heterocycles. The SMILES string of the molecule is CC(C)S(=O)(=O)NCC1CCCN(C(=O)CCc2nc(-c3ccsc3)no2)C1. The van der Waals surface area contributed by atoms with Gasteiger partial charge in [0.1, 0.15) is 0 Å². The highest BCUT2D eigenvalue weighted by Crippen LogP contribution is 2.20. The van der Waals surface area contributed by atoms with Gasteiger partial charge in [-0.1, -0.05) is 5.16 Å². The van der Waals surface area contributed by atoms with Gasteiger partial charge in [-0.25, -0.2) is 13.1 Å². The number of nitrogens with zero attached hydrogens (tertiary/aromatic N) is 3. The van der Waals surface area contributed by atoms with Gasteiger partial charge < -0.3 is 9.42 Å². The molecule has 28 heavy (non-hydrogen) atoms. The molecule has 0 bridgehead atoms. The molecular formula is C18H26N4O4S2. The van der Waals surface area contributed by atoms with Crippen LogP contribution in [-0.4, -0.2) is 54.2 Å². The third-order valence-corrected chi connectivity index (χ3v) is 7.36. The molecule has 0 saturated carbocycles. The maximum Gasteiger partial charge on any atom is 0.227 e. The molecule has 2 aromatic rings. The lowest BCUT2D eigenvalue weighted by molar-refractivity contribution is -0.133. The highest BCUT2D eigenvalue weighted by molar-refractivity contribution is 7.90. The maximum atomic E-state index is 12.6. The van der Waals surface area contributed by atoms with Crippen LogP contribution in [0.3, 0.4) is 0 Å². The van der Waals surface area contributed by atoms with Crippen LogP contribution in [0.15, 0.2) is 21.3 Å². The summed E-state index contributed by atoms with van der Waals surface area (Å²) in [6.45, 7) is 4.96. The smallest absolute Gasteiger partial charge is 0.227 e. The van der Waals surface area contributed by atoms with E-state index in [0.717, 1.165) is 18.4 Å². The molecule has 0 spiro atoms. The normalized spacial score (nSPS) is 18.0. The number of aryl methyl sites for hydroxylation is 1. The first-order valence-corrected chi connectivity index (χ1v) is 12.0. The average Bonchev–Trinajstić information content (AvgIpc) is 3.36. The van der Waals surface area contributed by atoms with Crippen molar-refractivity contribution in [2.45, 2.75) is 44.8 Å². The predicted octanol–water partition coefficient (Wildman–Crippen LogP) is 2.30. The molecule has 1 atom stereocenters. The summed E-state index contributed by atoms with van der Waals surface area (Å²) in [7, 11) is -3.28. The van der Waals surface area contributed by atoms with Gasteiger partial charge in [-0.05, 0) is 44.1 Å². The van der Waals surface area contributed by atoms with Gasteiger partial charge in [0.15, 0.2) is 0 Å². The third-order valence-electron chi connectivity index (χ3n) is 4.87. The molecule has 0 aromatic carbocycles. The van der Waals surface area contributed by atoms with Gasteiger partial charge in [-0.2, -0.15) is 16.3 Å². The number of hydrogen-bond acceptors (Lipinski definition) is 7. The Morgan fingerprint density at radius 1 is 1.46 bits per heavy atom. The second kappa shape index (κ2) is 9.15. The number of thiophene rings is 1. The molecule has 10 heteroatoms. The molecule has 1 aliphatic heterocycles. The fourth-order valence-electron chi connectivity index (χ4n) is 3.10. The van der Waals surface area contributed by atoms with Gasteiger partial charge >= 0.3 is 0 Å². The number of carbonyl (C=O) groups excluding carboxylic acids is 1. The first kappa shape index (κ1) is 20.9. The van der Waals surface area contributed by atoms with Crippen LogP contribution in [0.2, 0.25) is 0 Å². The van der Waals surface area contributed by atoms with E-state index in [1.54, 1.807) is 25.2 Å². The number of hydrogen-bond donors (Lipinski definition) is 1. The van der Waals surface area contributed by atoms with Gasteiger partial charge in [-0.15, -0.1) is 0 Å². The summed E-state index contributed by atoms with van der Waals surface area (Å²) in [5, 5.41) is 7.39. The first-order valence-electron chi connectivity index (χ1n) is 9.46. The zero-order chi connectivity index (χ0) is 20.1. The summed E-state index contributed by atoms with van der Waals surface area (Å²) < 4.78 is 31.7. The van der Waals surface area contributed by atoms with Crippen molar-refractivity contribution in [3.63, 3.8) is 0 Å². The number of amides is 1. The van der Waals surface area contributed by atoms with E-state index in [1.807, 2.05) is 21.7 Å². The quantitative estimate of drug-likeness (QED) is 0.694. The lowest BCUT2D eigenvalue weighted by Gasteiger charge is -2.33. The standard InChI is InChI=1S/C18H26N4O4S2/c1-13(2)28(24,25)19-10-14-4-3-8-22(11-14)17(23)6-5-16-20-18(21-26-16)15-7-9-27-12-15/h7,9,12-14,19H,3-6,8,10-11H2,1-2H3. The Bertz CT molecular complexity index is 877. The van der Waals surface area contributed by atoms with Gasteiger partial charge in [0.2, 0.25) is 27.6 Å². The fraction of sp³-hybridized carbons (Fsp3) is 0.611. The van der Waals surface area contributed by atoms with Crippen LogP contribution < -0.4 is 4.72 Å². The van der Waals surface area contributed by atoms with E-state index in [4.69, 9.17) is 4.52 Å². The third kappa shape index (κ3) is 5.39. The molecule has 1 aliphatic rings. The Morgan fingerprint density at radius 2 is 2.29 bits per heavy atom. The molecular weight excluding hydrogens is 400 g/mol. The molecule has 0 aliphatic carbocycles. The molecule has 2 aromatic heterocycles. The number of aromatic nitrogens is 2. The van der Waals surface area contributed by atoms with Crippen LogP contribution in [0.4, 0.5) is 0 Å². The van der Waals surface area contributed by atoms with Crippen LogP contribution in [0.1, 0.15) is 39.0 Å². The second-order valence-corrected chi connectivity index (χ2v) is 10.4. The van der Waals surface area contributed by atoms with E-state index in [9.17, 15) is 13.2 Å². The summed E-state index contributed by atoms with van der Waals surface area (Å²) in [5.74, 6) is 1.17. The molecule has 1 saturated heterocycles. The van der Waals surface area contributed by atoms with E-state index in [0.29, 0.717) is 44.2 Å². The van der Waals surface area contributed by atoms with Crippen LogP contribution in [0.5, 0.6) is 0 Å². The van der Waals surface area contributed by atoms with Crippen molar-refractivity contribution in [3.8, 4) is 11.4 Å². The molecule has 1 fully saturated rings. The van der Waals surface area contributed by atoms with Crippen molar-refractivity contribution < 1.29 is 17.7 Å². The molecule has 1 unspecified atom stereocenters. The number of carbonyl (C=O) groups is 1. The highest BCUT2D eigenvalue weighted by Gasteiger charge is 2.26. The molecule has 0 radical (unpaired) electrons. The van der Waals surface area contributed by atoms with Gasteiger partial charge in [0.05, 0.1) is 5.25 Å². The van der Waals surface area contributed by atoms with Crippen molar-refractivity contribution in [3.05, 3.63) is 22.7 Å². The summed E-state index contributed by atoms with van der Waals surface area (Å²) in [6.07, 6.45) is 2.49. The van der Waals surface area contributed by atoms with E-state index in [-0.39, 0.29) is 11.8 Å². The van der Waals surface area contributed by atoms with E-state index < -0.39 is 15.3 Å². The summed E-state index contributed by atoms with van der Waals surface area (Å²) in [6, 6.07) is 1.92. The van der Waals surface area contributed by atoms with Gasteiger partial charge in [-0.3, -0.25) is 4.79 Å². The van der Waals surface area contributed by atoms with E-state index in [2.05, 4.69) is 14.9 Å². The Balaban J connectivity index is 1.48. The minimum absolute atomic E-state index is 0.0340. The van der Waals surface area contributed by atoms with Crippen LogP contribution in [0, 0.1) is 5.92 Å². The van der Waals surface area contributed by atoms with Crippen molar-refractivity contribution >= 4 is 27.3 Å². The van der Waals surface area contributed by atoms with Crippen LogP contribution in [-0.2, 0) is 21.2 Å². The summed E-state index contributed by atoms with van der Waals surface area (Å²) >= 11 is 1.56. The molecule has 8 nitrogen and oxygen atoms in total. The van der Waals surface area contributed by atoms with Gasteiger partial charge in [0, 0.05) is 43.4 Å². The number of rotatable bonds is 8. The average molecular weight is 427 g/mol.